The van der Waals surface area contributed by atoms with E-state index in [0.717, 1.165) is 22.4 Å². The van der Waals surface area contributed by atoms with Crippen LogP contribution in [0.5, 0.6) is 5.75 Å². The Hall–Kier alpha value is -3.86. The summed E-state index contributed by atoms with van der Waals surface area (Å²) < 4.78 is 10.7. The molecule has 5 aromatic rings. The van der Waals surface area contributed by atoms with Crippen molar-refractivity contribution in [2.45, 2.75) is 31.4 Å². The fourth-order valence-electron chi connectivity index (χ4n) is 3.78. The third-order valence-corrected chi connectivity index (χ3v) is 6.26. The van der Waals surface area contributed by atoms with Crippen molar-refractivity contribution in [2.24, 2.45) is 7.05 Å². The zero-order valence-electron chi connectivity index (χ0n) is 18.4. The third-order valence-electron chi connectivity index (χ3n) is 5.32. The molecule has 0 aliphatic rings. The van der Waals surface area contributed by atoms with Gasteiger partial charge in [-0.1, -0.05) is 30.0 Å². The predicted molar refractivity (Wildman–Crippen MR) is 126 cm³/mol. The van der Waals surface area contributed by atoms with Crippen LogP contribution in [-0.2, 0) is 19.4 Å². The maximum absolute atomic E-state index is 12.6. The summed E-state index contributed by atoms with van der Waals surface area (Å²) in [6, 6.07) is 13.4. The first-order valence-electron chi connectivity index (χ1n) is 10.3. The number of nitrogen functional groups attached to an aromatic ring is 1. The van der Waals surface area contributed by atoms with E-state index < -0.39 is 0 Å². The lowest BCUT2D eigenvalue weighted by molar-refractivity contribution is 0.291. The average molecular weight is 463 g/mol. The Kier molecular flexibility index (Phi) is 5.25. The van der Waals surface area contributed by atoms with Gasteiger partial charge >= 0.3 is 0 Å². The minimum absolute atomic E-state index is 0.111. The molecule has 0 aliphatic heterocycles. The molecule has 0 amide bonds. The summed E-state index contributed by atoms with van der Waals surface area (Å²) >= 11 is 1.38. The molecule has 0 unspecified atom stereocenters. The molecule has 0 bridgehead atoms. The van der Waals surface area contributed by atoms with E-state index in [1.165, 1.54) is 21.0 Å². The van der Waals surface area contributed by atoms with Gasteiger partial charge in [0.15, 0.2) is 5.82 Å². The minimum Gasteiger partial charge on any atom is -0.486 e. The zero-order valence-corrected chi connectivity index (χ0v) is 19.2. The monoisotopic (exact) mass is 462 g/mol. The highest BCUT2D eigenvalue weighted by atomic mass is 32.2. The maximum Gasteiger partial charge on any atom is 0.262 e. The Labute approximate surface area is 193 Å². The summed E-state index contributed by atoms with van der Waals surface area (Å²) in [7, 11) is 1.69. The van der Waals surface area contributed by atoms with Gasteiger partial charge in [0.2, 0.25) is 10.9 Å². The van der Waals surface area contributed by atoms with Gasteiger partial charge < -0.3 is 10.6 Å². The van der Waals surface area contributed by atoms with E-state index in [9.17, 15) is 4.79 Å². The van der Waals surface area contributed by atoms with Crippen LogP contribution in [0.2, 0.25) is 0 Å². The molecule has 0 spiro atoms. The number of hydrogen-bond donors (Lipinski definition) is 1. The van der Waals surface area contributed by atoms with E-state index in [1.54, 1.807) is 13.1 Å². The number of thioether (sulfide) groups is 1. The number of ether oxygens (including phenoxy) is 1. The Morgan fingerprint density at radius 1 is 1.00 bits per heavy atom. The second-order valence-electron chi connectivity index (χ2n) is 7.80. The molecule has 0 atom stereocenters. The molecule has 33 heavy (non-hydrogen) atoms. The number of nitrogens with zero attached hydrogens (tertiary/aromatic N) is 7. The molecule has 0 saturated heterocycles. The van der Waals surface area contributed by atoms with E-state index in [-0.39, 0.29) is 12.2 Å². The number of nitrogens with two attached hydrogens (primary N) is 1. The van der Waals surface area contributed by atoms with Gasteiger partial charge in [-0.05, 0) is 49.2 Å². The Morgan fingerprint density at radius 3 is 2.52 bits per heavy atom. The lowest BCUT2D eigenvalue weighted by Crippen LogP contribution is -2.20. The van der Waals surface area contributed by atoms with Crippen LogP contribution in [0.3, 0.4) is 0 Å². The van der Waals surface area contributed by atoms with Gasteiger partial charge in [0, 0.05) is 7.05 Å². The fourth-order valence-corrected chi connectivity index (χ4v) is 4.57. The zero-order chi connectivity index (χ0) is 23.1. The minimum atomic E-state index is -0.111. The van der Waals surface area contributed by atoms with E-state index in [4.69, 9.17) is 10.6 Å². The molecule has 0 radical (unpaired) electrons. The SMILES string of the molecule is Cc1cc(C)cc(OCc2nnc(SCc3nnc4n(C)c(=O)c5ccccc5n34)n2N)c1. The van der Waals surface area contributed by atoms with Crippen molar-refractivity contribution >= 4 is 28.4 Å². The summed E-state index contributed by atoms with van der Waals surface area (Å²) in [4.78, 5) is 12.6. The molecule has 10 nitrogen and oxygen atoms in total. The first kappa shape index (κ1) is 21.0. The normalized spacial score (nSPS) is 11.5. The molecule has 3 heterocycles. The van der Waals surface area contributed by atoms with Crippen LogP contribution in [-0.4, -0.2) is 34.0 Å². The molecule has 0 saturated carbocycles. The summed E-state index contributed by atoms with van der Waals surface area (Å²) in [5, 5.41) is 18.0. The van der Waals surface area contributed by atoms with Gasteiger partial charge in [-0.15, -0.1) is 20.4 Å². The van der Waals surface area contributed by atoms with Gasteiger partial charge in [0.05, 0.1) is 16.7 Å². The fraction of sp³-hybridized carbons (Fsp3) is 0.227. The highest BCUT2D eigenvalue weighted by molar-refractivity contribution is 7.98. The average Bonchev–Trinajstić information content (AvgIpc) is 3.37. The summed E-state index contributed by atoms with van der Waals surface area (Å²) in [6.07, 6.45) is 0. The van der Waals surface area contributed by atoms with Crippen LogP contribution >= 0.6 is 11.8 Å². The van der Waals surface area contributed by atoms with Crippen LogP contribution in [0, 0.1) is 13.8 Å². The van der Waals surface area contributed by atoms with Gasteiger partial charge in [-0.2, -0.15) is 0 Å². The number of rotatable bonds is 6. The second kappa shape index (κ2) is 8.24. The Morgan fingerprint density at radius 2 is 1.73 bits per heavy atom. The molecule has 2 N–H and O–H groups in total. The van der Waals surface area contributed by atoms with E-state index in [1.807, 2.05) is 48.6 Å². The van der Waals surface area contributed by atoms with E-state index in [0.29, 0.717) is 33.7 Å². The van der Waals surface area contributed by atoms with Crippen LogP contribution in [0.15, 0.2) is 52.4 Å². The van der Waals surface area contributed by atoms with Crippen LogP contribution in [0.25, 0.3) is 16.7 Å². The second-order valence-corrected chi connectivity index (χ2v) is 8.75. The maximum atomic E-state index is 12.6. The topological polar surface area (TPSA) is 118 Å². The lowest BCUT2D eigenvalue weighted by atomic mass is 10.1. The number of aryl methyl sites for hydroxylation is 3. The number of benzene rings is 2. The quantitative estimate of drug-likeness (QED) is 0.302. The molecule has 11 heteroatoms. The van der Waals surface area contributed by atoms with Crippen molar-refractivity contribution in [3.63, 3.8) is 0 Å². The molecular formula is C22H22N8O2S. The number of para-hydroxylation sites is 1. The first-order valence-corrected chi connectivity index (χ1v) is 11.3. The number of aromatic nitrogens is 7. The van der Waals surface area contributed by atoms with Crippen molar-refractivity contribution < 1.29 is 4.74 Å². The van der Waals surface area contributed by atoms with E-state index >= 15 is 0 Å². The van der Waals surface area contributed by atoms with Crippen molar-refractivity contribution in [3.05, 3.63) is 75.6 Å². The smallest absolute Gasteiger partial charge is 0.262 e. The van der Waals surface area contributed by atoms with Gasteiger partial charge in [0.1, 0.15) is 18.2 Å². The van der Waals surface area contributed by atoms with Crippen LogP contribution in [0.4, 0.5) is 0 Å². The molecule has 0 aliphatic carbocycles. The number of hydrogen-bond acceptors (Lipinski definition) is 8. The van der Waals surface area contributed by atoms with Crippen molar-refractivity contribution in [1.29, 1.82) is 0 Å². The van der Waals surface area contributed by atoms with Crippen molar-refractivity contribution in [1.82, 2.24) is 34.0 Å². The van der Waals surface area contributed by atoms with E-state index in [2.05, 4.69) is 26.5 Å². The molecule has 2 aromatic carbocycles. The first-order chi connectivity index (χ1) is 15.9. The van der Waals surface area contributed by atoms with Crippen molar-refractivity contribution in [3.8, 4) is 5.75 Å². The van der Waals surface area contributed by atoms with Crippen LogP contribution < -0.4 is 16.1 Å². The summed E-state index contributed by atoms with van der Waals surface area (Å²) in [5.74, 6) is 9.08. The van der Waals surface area contributed by atoms with Gasteiger partial charge in [-0.3, -0.25) is 13.8 Å². The van der Waals surface area contributed by atoms with Crippen molar-refractivity contribution in [2.75, 3.05) is 5.84 Å². The Balaban J connectivity index is 1.37. The molecule has 168 valence electrons. The molecule has 0 fully saturated rings. The summed E-state index contributed by atoms with van der Waals surface area (Å²) in [6.45, 7) is 4.25. The largest absolute Gasteiger partial charge is 0.486 e. The third kappa shape index (κ3) is 3.80. The predicted octanol–water partition coefficient (Wildman–Crippen LogP) is 2.37. The molecule has 5 rings (SSSR count). The highest BCUT2D eigenvalue weighted by Gasteiger charge is 2.17. The number of fused-ring (bicyclic) bond motifs is 3. The summed E-state index contributed by atoms with van der Waals surface area (Å²) in [5.41, 5.74) is 2.90. The van der Waals surface area contributed by atoms with Gasteiger partial charge in [-0.25, -0.2) is 4.68 Å². The lowest BCUT2D eigenvalue weighted by Gasteiger charge is -2.08. The Bertz CT molecular complexity index is 1530. The highest BCUT2D eigenvalue weighted by Crippen LogP contribution is 2.23. The van der Waals surface area contributed by atoms with Gasteiger partial charge in [0.25, 0.3) is 5.56 Å². The van der Waals surface area contributed by atoms with Crippen LogP contribution in [0.1, 0.15) is 22.8 Å². The standard InChI is InChI=1S/C22H22N8O2S/c1-13-8-14(2)10-15(9-13)32-11-18-24-27-22(30(18)23)33-12-19-25-26-21-28(3)20(31)16-6-4-5-7-17(16)29(19)21/h4-10H,11-12,23H2,1-3H3. The molecular weight excluding hydrogens is 440 g/mol. The molecule has 3 aromatic heterocycles.